The quantitative estimate of drug-likeness (QED) is 0.574. The minimum absolute atomic E-state index is 0.240. The van der Waals surface area contributed by atoms with Gasteiger partial charge in [-0.2, -0.15) is 8.42 Å². The third-order valence-electron chi connectivity index (χ3n) is 4.06. The highest BCUT2D eigenvalue weighted by atomic mass is 32.2. The van der Waals surface area contributed by atoms with Crippen molar-refractivity contribution < 1.29 is 37.9 Å². The number of aliphatic hydroxyl groups is 1. The fourth-order valence-corrected chi connectivity index (χ4v) is 3.35. The van der Waals surface area contributed by atoms with Crippen LogP contribution < -0.4 is 0 Å². The average Bonchev–Trinajstić information content (AvgIpc) is 2.80. The Bertz CT molecular complexity index is 1030. The van der Waals surface area contributed by atoms with Crippen LogP contribution in [0.2, 0.25) is 0 Å². The average molecular weight is 379 g/mol. The zero-order chi connectivity index (χ0) is 19.2. The largest absolute Gasteiger partial charge is 0.507 e. The van der Waals surface area contributed by atoms with Crippen LogP contribution in [-0.2, 0) is 16.7 Å². The van der Waals surface area contributed by atoms with Gasteiger partial charge in [-0.15, -0.1) is 0 Å². The van der Waals surface area contributed by atoms with Crippen molar-refractivity contribution in [2.45, 2.75) is 17.7 Å². The number of benzene rings is 2. The Morgan fingerprint density at radius 2 is 1.85 bits per heavy atom. The predicted octanol–water partition coefficient (Wildman–Crippen LogP) is 0.984. The number of carbonyl (C=O) groups is 2. The molecule has 0 saturated heterocycles. The maximum atomic E-state index is 12.4. The molecule has 1 heterocycles. The molecule has 1 atom stereocenters. The lowest BCUT2D eigenvalue weighted by molar-refractivity contribution is 0.0135. The smallest absolute Gasteiger partial charge is 0.339 e. The summed E-state index contributed by atoms with van der Waals surface area (Å²) >= 11 is 0. The van der Waals surface area contributed by atoms with Crippen molar-refractivity contribution in [2.75, 3.05) is 0 Å². The van der Waals surface area contributed by atoms with Crippen LogP contribution >= 0.6 is 0 Å². The third kappa shape index (κ3) is 2.90. The molecule has 10 heteroatoms. The molecule has 0 spiro atoms. The first-order chi connectivity index (χ1) is 12.1. The SMILES string of the molecule is O=C(O)c1cc(S(=O)(=O)O)cc(CN2C(=O)c3ccccc3C2O)c1O. The van der Waals surface area contributed by atoms with Gasteiger partial charge in [0.2, 0.25) is 0 Å². The minimum atomic E-state index is -4.75. The summed E-state index contributed by atoms with van der Waals surface area (Å²) in [5.41, 5.74) is -0.434. The van der Waals surface area contributed by atoms with Crippen molar-refractivity contribution in [1.82, 2.24) is 4.90 Å². The molecule has 1 unspecified atom stereocenters. The molecule has 136 valence electrons. The van der Waals surface area contributed by atoms with E-state index in [1.54, 1.807) is 12.1 Å². The molecule has 0 fully saturated rings. The van der Waals surface area contributed by atoms with E-state index in [1.165, 1.54) is 12.1 Å². The second-order valence-corrected chi connectivity index (χ2v) is 7.07. The number of rotatable bonds is 4. The summed E-state index contributed by atoms with van der Waals surface area (Å²) in [7, 11) is -4.75. The summed E-state index contributed by atoms with van der Waals surface area (Å²) in [6, 6.07) is 7.71. The van der Waals surface area contributed by atoms with Gasteiger partial charge in [-0.1, -0.05) is 18.2 Å². The van der Waals surface area contributed by atoms with Crippen molar-refractivity contribution in [2.24, 2.45) is 0 Å². The van der Waals surface area contributed by atoms with E-state index in [0.29, 0.717) is 11.6 Å². The molecular formula is C16H13NO8S. The van der Waals surface area contributed by atoms with Crippen LogP contribution in [0.3, 0.4) is 0 Å². The summed E-state index contributed by atoms with van der Waals surface area (Å²) in [4.78, 5) is 23.8. The van der Waals surface area contributed by atoms with Crippen molar-refractivity contribution >= 4 is 22.0 Å². The summed E-state index contributed by atoms with van der Waals surface area (Å²) in [5.74, 6) is -2.95. The molecule has 26 heavy (non-hydrogen) atoms. The number of aromatic hydroxyl groups is 1. The van der Waals surface area contributed by atoms with E-state index < -0.39 is 51.0 Å². The Morgan fingerprint density at radius 3 is 2.42 bits per heavy atom. The summed E-state index contributed by atoms with van der Waals surface area (Å²) < 4.78 is 31.9. The molecule has 0 saturated carbocycles. The normalized spacial score (nSPS) is 16.6. The fourth-order valence-electron chi connectivity index (χ4n) is 2.79. The van der Waals surface area contributed by atoms with Gasteiger partial charge < -0.3 is 20.2 Å². The number of carbonyl (C=O) groups excluding carboxylic acids is 1. The maximum Gasteiger partial charge on any atom is 0.339 e. The molecular weight excluding hydrogens is 366 g/mol. The molecule has 1 amide bonds. The molecule has 0 bridgehead atoms. The molecule has 9 nitrogen and oxygen atoms in total. The number of fused-ring (bicyclic) bond motifs is 1. The molecule has 0 radical (unpaired) electrons. The van der Waals surface area contributed by atoms with Crippen LogP contribution in [0.15, 0.2) is 41.3 Å². The number of carboxylic acid groups (broad SMARTS) is 1. The van der Waals surface area contributed by atoms with E-state index in [9.17, 15) is 32.8 Å². The Hall–Kier alpha value is -2.95. The van der Waals surface area contributed by atoms with E-state index in [2.05, 4.69) is 0 Å². The van der Waals surface area contributed by atoms with Crippen molar-refractivity contribution in [3.8, 4) is 5.75 Å². The Kier molecular flexibility index (Phi) is 4.18. The monoisotopic (exact) mass is 379 g/mol. The molecule has 2 aromatic carbocycles. The van der Waals surface area contributed by atoms with Gasteiger partial charge in [-0.05, 0) is 18.2 Å². The zero-order valence-corrected chi connectivity index (χ0v) is 13.8. The lowest BCUT2D eigenvalue weighted by Crippen LogP contribution is -2.27. The highest BCUT2D eigenvalue weighted by Crippen LogP contribution is 2.35. The van der Waals surface area contributed by atoms with Crippen LogP contribution in [-0.4, -0.2) is 45.1 Å². The van der Waals surface area contributed by atoms with Crippen LogP contribution in [0.5, 0.6) is 5.75 Å². The predicted molar refractivity (Wildman–Crippen MR) is 86.2 cm³/mol. The van der Waals surface area contributed by atoms with Crippen molar-refractivity contribution in [3.63, 3.8) is 0 Å². The highest BCUT2D eigenvalue weighted by molar-refractivity contribution is 7.85. The Morgan fingerprint density at radius 1 is 1.19 bits per heavy atom. The zero-order valence-electron chi connectivity index (χ0n) is 13.0. The van der Waals surface area contributed by atoms with Crippen LogP contribution in [0.4, 0.5) is 0 Å². The first kappa shape index (κ1) is 17.9. The summed E-state index contributed by atoms with van der Waals surface area (Å²) in [6.45, 7) is -0.468. The molecule has 0 aromatic heterocycles. The lowest BCUT2D eigenvalue weighted by atomic mass is 10.1. The van der Waals surface area contributed by atoms with Crippen LogP contribution in [0.25, 0.3) is 0 Å². The van der Waals surface area contributed by atoms with Crippen molar-refractivity contribution in [3.05, 3.63) is 58.7 Å². The minimum Gasteiger partial charge on any atom is -0.507 e. The summed E-state index contributed by atoms with van der Waals surface area (Å²) in [6.07, 6.45) is -1.35. The van der Waals surface area contributed by atoms with Gasteiger partial charge in [-0.25, -0.2) is 4.79 Å². The molecule has 1 aliphatic heterocycles. The van der Waals surface area contributed by atoms with Gasteiger partial charge in [0.1, 0.15) is 11.3 Å². The number of carboxylic acids is 1. The number of aromatic carboxylic acids is 1. The lowest BCUT2D eigenvalue weighted by Gasteiger charge is -2.22. The molecule has 2 aromatic rings. The van der Waals surface area contributed by atoms with Gasteiger partial charge in [0.15, 0.2) is 6.23 Å². The second kappa shape index (κ2) is 6.09. The third-order valence-corrected chi connectivity index (χ3v) is 4.89. The van der Waals surface area contributed by atoms with Gasteiger partial charge in [0, 0.05) is 16.7 Å². The number of amides is 1. The summed E-state index contributed by atoms with van der Waals surface area (Å²) in [5, 5.41) is 29.6. The van der Waals surface area contributed by atoms with Crippen LogP contribution in [0, 0.1) is 0 Å². The number of hydrogen-bond acceptors (Lipinski definition) is 6. The topological polar surface area (TPSA) is 152 Å². The number of nitrogens with zero attached hydrogens (tertiary/aromatic N) is 1. The maximum absolute atomic E-state index is 12.4. The number of phenols is 1. The van der Waals surface area contributed by atoms with Gasteiger partial charge in [0.05, 0.1) is 11.4 Å². The van der Waals surface area contributed by atoms with E-state index in [0.717, 1.165) is 11.0 Å². The number of hydrogen-bond donors (Lipinski definition) is 4. The standard InChI is InChI=1S/C16H13NO8S/c18-13-8(5-9(26(23,24)25)6-12(13)16(21)22)7-17-14(19)10-3-1-2-4-11(10)15(17)20/h1-6,14,18-19H,7H2,(H,21,22)(H,23,24,25). The van der Waals surface area contributed by atoms with Gasteiger partial charge >= 0.3 is 5.97 Å². The molecule has 1 aliphatic rings. The van der Waals surface area contributed by atoms with Crippen LogP contribution in [0.1, 0.15) is 38.1 Å². The van der Waals surface area contributed by atoms with E-state index in [1.807, 2.05) is 0 Å². The Labute approximate surface area is 147 Å². The van der Waals surface area contributed by atoms with E-state index in [4.69, 9.17) is 5.11 Å². The van der Waals surface area contributed by atoms with Crippen molar-refractivity contribution in [1.29, 1.82) is 0 Å². The van der Waals surface area contributed by atoms with Gasteiger partial charge in [0.25, 0.3) is 16.0 Å². The first-order valence-corrected chi connectivity index (χ1v) is 8.70. The highest BCUT2D eigenvalue weighted by Gasteiger charge is 2.36. The fraction of sp³-hybridized carbons (Fsp3) is 0.125. The molecule has 4 N–H and O–H groups in total. The number of aliphatic hydroxyl groups excluding tert-OH is 1. The molecule has 3 rings (SSSR count). The van der Waals surface area contributed by atoms with E-state index >= 15 is 0 Å². The first-order valence-electron chi connectivity index (χ1n) is 7.26. The Balaban J connectivity index is 2.07. The van der Waals surface area contributed by atoms with Gasteiger partial charge in [-0.3, -0.25) is 9.35 Å². The van der Waals surface area contributed by atoms with E-state index in [-0.39, 0.29) is 11.1 Å². The molecule has 0 aliphatic carbocycles. The second-order valence-electron chi connectivity index (χ2n) is 5.65.